The molecule has 138 valence electrons. The van der Waals surface area contributed by atoms with Gasteiger partial charge in [-0.2, -0.15) is 0 Å². The van der Waals surface area contributed by atoms with Crippen molar-refractivity contribution in [2.24, 2.45) is 0 Å². The van der Waals surface area contributed by atoms with Crippen LogP contribution < -0.4 is 15.4 Å². The van der Waals surface area contributed by atoms with Gasteiger partial charge in [-0.25, -0.2) is 4.98 Å². The van der Waals surface area contributed by atoms with Crippen LogP contribution in [0.2, 0.25) is 0 Å². The van der Waals surface area contributed by atoms with Crippen LogP contribution in [0, 0.1) is 0 Å². The van der Waals surface area contributed by atoms with E-state index in [2.05, 4.69) is 15.6 Å². The van der Waals surface area contributed by atoms with Gasteiger partial charge in [0.15, 0.2) is 0 Å². The van der Waals surface area contributed by atoms with Gasteiger partial charge in [-0.15, -0.1) is 0 Å². The number of nitrogens with zero attached hydrogens (tertiary/aromatic N) is 1. The number of hydrogen-bond donors (Lipinski definition) is 2. The van der Waals surface area contributed by atoms with Gasteiger partial charge in [0.1, 0.15) is 11.6 Å². The predicted molar refractivity (Wildman–Crippen MR) is 104 cm³/mol. The van der Waals surface area contributed by atoms with Gasteiger partial charge >= 0.3 is 0 Å². The van der Waals surface area contributed by atoms with Crippen molar-refractivity contribution in [1.82, 2.24) is 10.3 Å². The molecule has 5 heteroatoms. The summed E-state index contributed by atoms with van der Waals surface area (Å²) in [6.07, 6.45) is 7.61. The summed E-state index contributed by atoms with van der Waals surface area (Å²) in [5.74, 6) is 1.51. The van der Waals surface area contributed by atoms with Crippen molar-refractivity contribution in [2.45, 2.75) is 58.1 Å². The number of benzene rings is 1. The zero-order valence-corrected chi connectivity index (χ0v) is 15.5. The van der Waals surface area contributed by atoms with Gasteiger partial charge in [0.05, 0.1) is 11.7 Å². The lowest BCUT2D eigenvalue weighted by atomic mass is 9.95. The highest BCUT2D eigenvalue weighted by Gasteiger charge is 2.16. The molecule has 0 spiro atoms. The van der Waals surface area contributed by atoms with Crippen LogP contribution in [0.5, 0.6) is 5.75 Å². The van der Waals surface area contributed by atoms with Crippen molar-refractivity contribution in [1.29, 1.82) is 0 Å². The number of amides is 1. The van der Waals surface area contributed by atoms with Crippen molar-refractivity contribution in [3.8, 4) is 5.75 Å². The van der Waals surface area contributed by atoms with E-state index in [1.807, 2.05) is 50.2 Å². The first-order chi connectivity index (χ1) is 12.6. The second kappa shape index (κ2) is 8.70. The Labute approximate surface area is 155 Å². The van der Waals surface area contributed by atoms with Crippen LogP contribution in [0.1, 0.15) is 56.3 Å². The zero-order valence-electron chi connectivity index (χ0n) is 15.5. The van der Waals surface area contributed by atoms with Crippen molar-refractivity contribution < 1.29 is 9.53 Å². The van der Waals surface area contributed by atoms with Crippen LogP contribution in [0.15, 0.2) is 42.6 Å². The van der Waals surface area contributed by atoms with E-state index < -0.39 is 0 Å². The molecule has 0 unspecified atom stereocenters. The Morgan fingerprint density at radius 2 is 1.81 bits per heavy atom. The summed E-state index contributed by atoms with van der Waals surface area (Å²) in [5, 5.41) is 6.35. The fraction of sp³-hybridized carbons (Fsp3) is 0.429. The van der Waals surface area contributed by atoms with Crippen LogP contribution in [0.25, 0.3) is 0 Å². The third-order valence-electron chi connectivity index (χ3n) is 4.46. The molecule has 5 nitrogen and oxygen atoms in total. The normalized spacial score (nSPS) is 14.9. The first kappa shape index (κ1) is 18.2. The van der Waals surface area contributed by atoms with Crippen LogP contribution in [0.3, 0.4) is 0 Å². The summed E-state index contributed by atoms with van der Waals surface area (Å²) >= 11 is 0. The quantitative estimate of drug-likeness (QED) is 0.792. The molecule has 2 N–H and O–H groups in total. The smallest absolute Gasteiger partial charge is 0.253 e. The maximum Gasteiger partial charge on any atom is 0.253 e. The van der Waals surface area contributed by atoms with Crippen molar-refractivity contribution >= 4 is 17.4 Å². The molecule has 26 heavy (non-hydrogen) atoms. The average molecular weight is 353 g/mol. The Morgan fingerprint density at radius 1 is 1.08 bits per heavy atom. The minimum atomic E-state index is -0.0360. The molecule has 0 aliphatic heterocycles. The molecule has 1 aliphatic rings. The SMILES string of the molecule is CC(C)Oc1ccc(Nc2ccc(C(=O)NC3CCCCC3)cn2)cc1. The number of anilines is 2. The minimum Gasteiger partial charge on any atom is -0.491 e. The summed E-state index contributed by atoms with van der Waals surface area (Å²) in [7, 11) is 0. The number of aromatic nitrogens is 1. The molecule has 0 radical (unpaired) electrons. The predicted octanol–water partition coefficient (Wildman–Crippen LogP) is 4.67. The van der Waals surface area contributed by atoms with Gasteiger partial charge in [-0.1, -0.05) is 19.3 Å². The molecule has 1 saturated carbocycles. The highest BCUT2D eigenvalue weighted by Crippen LogP contribution is 2.20. The largest absolute Gasteiger partial charge is 0.491 e. The van der Waals surface area contributed by atoms with Crippen LogP contribution in [-0.2, 0) is 0 Å². The summed E-state index contributed by atoms with van der Waals surface area (Å²) in [6.45, 7) is 4.00. The zero-order chi connectivity index (χ0) is 18.4. The molecule has 1 aromatic heterocycles. The van der Waals surface area contributed by atoms with E-state index in [0.717, 1.165) is 24.3 Å². The summed E-state index contributed by atoms with van der Waals surface area (Å²) in [4.78, 5) is 16.7. The topological polar surface area (TPSA) is 63.2 Å². The van der Waals surface area contributed by atoms with E-state index in [0.29, 0.717) is 17.4 Å². The lowest BCUT2D eigenvalue weighted by Gasteiger charge is -2.22. The molecular weight excluding hydrogens is 326 g/mol. The Kier molecular flexibility index (Phi) is 6.10. The van der Waals surface area contributed by atoms with Crippen molar-refractivity contribution in [3.05, 3.63) is 48.2 Å². The summed E-state index contributed by atoms with van der Waals surface area (Å²) < 4.78 is 5.64. The molecule has 3 rings (SSSR count). The van der Waals surface area contributed by atoms with E-state index in [1.54, 1.807) is 6.20 Å². The van der Waals surface area contributed by atoms with E-state index in [1.165, 1.54) is 19.3 Å². The number of ether oxygens (including phenoxy) is 1. The van der Waals surface area contributed by atoms with E-state index in [4.69, 9.17) is 4.74 Å². The van der Waals surface area contributed by atoms with Crippen LogP contribution >= 0.6 is 0 Å². The summed E-state index contributed by atoms with van der Waals surface area (Å²) in [5.41, 5.74) is 1.52. The Morgan fingerprint density at radius 3 is 2.42 bits per heavy atom. The van der Waals surface area contributed by atoms with E-state index in [-0.39, 0.29) is 12.0 Å². The van der Waals surface area contributed by atoms with Gasteiger partial charge in [-0.3, -0.25) is 4.79 Å². The highest BCUT2D eigenvalue weighted by atomic mass is 16.5. The Balaban J connectivity index is 1.56. The molecule has 1 aromatic carbocycles. The number of rotatable bonds is 6. The second-order valence-corrected chi connectivity index (χ2v) is 7.06. The van der Waals surface area contributed by atoms with Gasteiger partial charge in [0.25, 0.3) is 5.91 Å². The molecule has 0 saturated heterocycles. The number of hydrogen-bond acceptors (Lipinski definition) is 4. The van der Waals surface area contributed by atoms with Gasteiger partial charge in [0, 0.05) is 17.9 Å². The van der Waals surface area contributed by atoms with Gasteiger partial charge in [0.2, 0.25) is 0 Å². The van der Waals surface area contributed by atoms with Gasteiger partial charge < -0.3 is 15.4 Å². The molecule has 0 bridgehead atoms. The third kappa shape index (κ3) is 5.22. The summed E-state index contributed by atoms with van der Waals surface area (Å²) in [6, 6.07) is 11.7. The second-order valence-electron chi connectivity index (χ2n) is 7.06. The first-order valence-corrected chi connectivity index (χ1v) is 9.41. The minimum absolute atomic E-state index is 0.0360. The third-order valence-corrected chi connectivity index (χ3v) is 4.46. The monoisotopic (exact) mass is 353 g/mol. The Hall–Kier alpha value is -2.56. The van der Waals surface area contributed by atoms with Crippen LogP contribution in [-0.4, -0.2) is 23.0 Å². The molecule has 0 atom stereocenters. The fourth-order valence-corrected chi connectivity index (χ4v) is 3.15. The van der Waals surface area contributed by atoms with Crippen molar-refractivity contribution in [2.75, 3.05) is 5.32 Å². The number of pyridine rings is 1. The fourth-order valence-electron chi connectivity index (χ4n) is 3.15. The average Bonchev–Trinajstić information content (AvgIpc) is 2.64. The molecule has 1 heterocycles. The molecule has 2 aromatic rings. The lowest BCUT2D eigenvalue weighted by molar-refractivity contribution is 0.0927. The molecule has 1 fully saturated rings. The standard InChI is InChI=1S/C21H27N3O2/c1-15(2)26-19-11-9-18(10-12-19)23-20-13-8-16(14-22-20)21(25)24-17-6-4-3-5-7-17/h8-15,17H,3-7H2,1-2H3,(H,22,23)(H,24,25). The van der Waals surface area contributed by atoms with E-state index in [9.17, 15) is 4.79 Å². The maximum atomic E-state index is 12.3. The van der Waals surface area contributed by atoms with Gasteiger partial charge in [-0.05, 0) is 63.1 Å². The van der Waals surface area contributed by atoms with E-state index >= 15 is 0 Å². The Bertz CT molecular complexity index is 705. The maximum absolute atomic E-state index is 12.3. The first-order valence-electron chi connectivity index (χ1n) is 9.41. The molecule has 1 amide bonds. The highest BCUT2D eigenvalue weighted by molar-refractivity contribution is 5.94. The number of carbonyl (C=O) groups excluding carboxylic acids is 1. The molecular formula is C21H27N3O2. The number of carbonyl (C=O) groups is 1. The van der Waals surface area contributed by atoms with Crippen LogP contribution in [0.4, 0.5) is 11.5 Å². The molecule has 1 aliphatic carbocycles. The number of nitrogens with one attached hydrogen (secondary N) is 2. The lowest BCUT2D eigenvalue weighted by Crippen LogP contribution is -2.36. The van der Waals surface area contributed by atoms with Crippen molar-refractivity contribution in [3.63, 3.8) is 0 Å².